The second kappa shape index (κ2) is 8.31. The van der Waals surface area contributed by atoms with Gasteiger partial charge in [0.25, 0.3) is 5.91 Å². The Balaban J connectivity index is 1.55. The molecule has 7 nitrogen and oxygen atoms in total. The maximum Gasteiger partial charge on any atom is 0.255 e. The summed E-state index contributed by atoms with van der Waals surface area (Å²) in [6.45, 7) is 1.72. The van der Waals surface area contributed by atoms with Crippen molar-refractivity contribution in [2.75, 3.05) is 5.32 Å². The monoisotopic (exact) mass is 429 g/mol. The molecule has 7 heteroatoms. The lowest BCUT2D eigenvalue weighted by molar-refractivity contribution is 0.102. The number of aldehydes is 1. The lowest BCUT2D eigenvalue weighted by Crippen LogP contribution is -2.11. The minimum absolute atomic E-state index is 0.116. The maximum atomic E-state index is 12.7. The Morgan fingerprint density at radius 2 is 1.59 bits per heavy atom. The van der Waals surface area contributed by atoms with Gasteiger partial charge in [0, 0.05) is 28.9 Å². The van der Waals surface area contributed by atoms with Crippen molar-refractivity contribution in [1.29, 1.82) is 0 Å². The van der Waals surface area contributed by atoms with E-state index in [1.165, 1.54) is 6.07 Å². The molecule has 4 aromatic rings. The number of furan rings is 1. The smallest absolute Gasteiger partial charge is 0.255 e. The molecule has 32 heavy (non-hydrogen) atoms. The van der Waals surface area contributed by atoms with Gasteiger partial charge in [-0.25, -0.2) is 0 Å². The highest BCUT2D eigenvalue weighted by Gasteiger charge is 2.15. The van der Waals surface area contributed by atoms with E-state index in [1.54, 1.807) is 55.5 Å². The zero-order chi connectivity index (χ0) is 22.8. The van der Waals surface area contributed by atoms with E-state index in [4.69, 9.17) is 4.42 Å². The number of carbonyl (C=O) groups is 2. The predicted octanol–water partition coefficient (Wildman–Crippen LogP) is 5.10. The summed E-state index contributed by atoms with van der Waals surface area (Å²) in [6, 6.07) is 17.3. The van der Waals surface area contributed by atoms with Crippen molar-refractivity contribution >= 4 is 17.9 Å². The minimum atomic E-state index is -0.380. The SMILES string of the molecule is Cc1oc(-c2ccc(NC(=O)c3cccc(-c4c(O)cc(O)cc4O)c3)cc2)cc1C=O. The molecule has 0 bridgehead atoms. The van der Waals surface area contributed by atoms with Gasteiger partial charge in [-0.05, 0) is 55.0 Å². The highest BCUT2D eigenvalue weighted by molar-refractivity contribution is 6.05. The molecule has 0 unspecified atom stereocenters. The first-order chi connectivity index (χ1) is 15.4. The Hall–Kier alpha value is -4.52. The number of aromatic hydroxyl groups is 3. The fraction of sp³-hybridized carbons (Fsp3) is 0.0400. The molecule has 0 radical (unpaired) electrons. The molecule has 160 valence electrons. The lowest BCUT2D eigenvalue weighted by Gasteiger charge is -2.10. The van der Waals surface area contributed by atoms with Crippen LogP contribution in [0.15, 0.2) is 71.1 Å². The van der Waals surface area contributed by atoms with E-state index >= 15 is 0 Å². The Kier molecular flexibility index (Phi) is 5.39. The summed E-state index contributed by atoms with van der Waals surface area (Å²) >= 11 is 0. The lowest BCUT2D eigenvalue weighted by atomic mass is 10.0. The van der Waals surface area contributed by atoms with E-state index in [9.17, 15) is 24.9 Å². The van der Waals surface area contributed by atoms with E-state index in [0.29, 0.717) is 33.9 Å². The molecule has 0 atom stereocenters. The number of phenolic OH excluding ortho intramolecular Hbond substituents is 3. The normalized spacial score (nSPS) is 10.7. The number of anilines is 1. The second-order valence-corrected chi connectivity index (χ2v) is 7.21. The molecule has 0 aliphatic heterocycles. The van der Waals surface area contributed by atoms with E-state index in [1.807, 2.05) is 0 Å². The molecule has 0 saturated carbocycles. The van der Waals surface area contributed by atoms with E-state index in [0.717, 1.165) is 24.0 Å². The summed E-state index contributed by atoms with van der Waals surface area (Å²) in [7, 11) is 0. The van der Waals surface area contributed by atoms with Crippen molar-refractivity contribution < 1.29 is 29.3 Å². The van der Waals surface area contributed by atoms with E-state index in [-0.39, 0.29) is 28.7 Å². The topological polar surface area (TPSA) is 120 Å². The molecule has 0 fully saturated rings. The number of rotatable bonds is 5. The summed E-state index contributed by atoms with van der Waals surface area (Å²) in [5, 5.41) is 32.5. The first-order valence-electron chi connectivity index (χ1n) is 9.68. The second-order valence-electron chi connectivity index (χ2n) is 7.21. The number of carbonyl (C=O) groups excluding carboxylic acids is 2. The zero-order valence-corrected chi connectivity index (χ0v) is 17.0. The van der Waals surface area contributed by atoms with Gasteiger partial charge in [0.2, 0.25) is 0 Å². The molecule has 4 N–H and O–H groups in total. The van der Waals surface area contributed by atoms with Gasteiger partial charge in [0.1, 0.15) is 28.8 Å². The van der Waals surface area contributed by atoms with Gasteiger partial charge in [-0.3, -0.25) is 9.59 Å². The van der Waals surface area contributed by atoms with Crippen molar-refractivity contribution in [3.8, 4) is 39.7 Å². The standard InChI is InChI=1S/C25H19NO6/c1-14-18(13-27)10-23(32-14)15-5-7-19(8-6-15)26-25(31)17-4-2-3-16(9-17)24-21(29)11-20(28)12-22(24)30/h2-13,28-30H,1H3,(H,26,31). The highest BCUT2D eigenvalue weighted by atomic mass is 16.3. The molecule has 0 spiro atoms. The molecule has 0 aliphatic rings. The number of hydrogen-bond acceptors (Lipinski definition) is 6. The molecular weight excluding hydrogens is 410 g/mol. The molecule has 4 rings (SSSR count). The van der Waals surface area contributed by atoms with Crippen molar-refractivity contribution in [3.05, 3.63) is 83.6 Å². The molecule has 1 aromatic heterocycles. The Morgan fingerprint density at radius 1 is 0.906 bits per heavy atom. The van der Waals surface area contributed by atoms with Crippen LogP contribution in [0.25, 0.3) is 22.5 Å². The third-order valence-corrected chi connectivity index (χ3v) is 5.01. The third-order valence-electron chi connectivity index (χ3n) is 5.01. The van der Waals surface area contributed by atoms with Gasteiger partial charge in [-0.1, -0.05) is 12.1 Å². The largest absolute Gasteiger partial charge is 0.508 e. The molecule has 0 aliphatic carbocycles. The number of hydrogen-bond donors (Lipinski definition) is 4. The van der Waals surface area contributed by atoms with Gasteiger partial charge >= 0.3 is 0 Å². The number of phenols is 3. The van der Waals surface area contributed by atoms with E-state index < -0.39 is 0 Å². The summed E-state index contributed by atoms with van der Waals surface area (Å²) in [5.74, 6) is -0.160. The van der Waals surface area contributed by atoms with Crippen LogP contribution in [0.5, 0.6) is 17.2 Å². The van der Waals surface area contributed by atoms with Crippen molar-refractivity contribution in [3.63, 3.8) is 0 Å². The Morgan fingerprint density at radius 3 is 2.22 bits per heavy atom. The minimum Gasteiger partial charge on any atom is -0.508 e. The summed E-state index contributed by atoms with van der Waals surface area (Å²) in [6.07, 6.45) is 0.739. The first-order valence-corrected chi connectivity index (χ1v) is 9.68. The number of amides is 1. The van der Waals surface area contributed by atoms with Gasteiger partial charge in [-0.15, -0.1) is 0 Å². The summed E-state index contributed by atoms with van der Waals surface area (Å²) in [5.41, 5.74) is 2.66. The van der Waals surface area contributed by atoms with Crippen LogP contribution < -0.4 is 5.32 Å². The van der Waals surface area contributed by atoms with Crippen LogP contribution in [0.2, 0.25) is 0 Å². The Labute approximate surface area is 183 Å². The van der Waals surface area contributed by atoms with Gasteiger partial charge in [-0.2, -0.15) is 0 Å². The Bertz CT molecular complexity index is 1300. The van der Waals surface area contributed by atoms with Gasteiger partial charge < -0.3 is 25.1 Å². The van der Waals surface area contributed by atoms with Crippen LogP contribution >= 0.6 is 0 Å². The molecular formula is C25H19NO6. The molecule has 0 saturated heterocycles. The zero-order valence-electron chi connectivity index (χ0n) is 17.0. The van der Waals surface area contributed by atoms with Crippen LogP contribution in [-0.2, 0) is 0 Å². The van der Waals surface area contributed by atoms with E-state index in [2.05, 4.69) is 5.32 Å². The van der Waals surface area contributed by atoms with Crippen LogP contribution in [0.4, 0.5) is 5.69 Å². The summed E-state index contributed by atoms with van der Waals surface area (Å²) < 4.78 is 5.59. The quantitative estimate of drug-likeness (QED) is 0.328. The predicted molar refractivity (Wildman–Crippen MR) is 119 cm³/mol. The average molecular weight is 429 g/mol. The first kappa shape index (κ1) is 20.7. The number of nitrogens with one attached hydrogen (secondary N) is 1. The summed E-state index contributed by atoms with van der Waals surface area (Å²) in [4.78, 5) is 23.7. The van der Waals surface area contributed by atoms with Crippen LogP contribution in [0, 0.1) is 6.92 Å². The maximum absolute atomic E-state index is 12.7. The third kappa shape index (κ3) is 4.04. The number of aryl methyl sites for hydroxylation is 1. The van der Waals surface area contributed by atoms with Crippen molar-refractivity contribution in [2.24, 2.45) is 0 Å². The van der Waals surface area contributed by atoms with Gasteiger partial charge in [0.05, 0.1) is 11.1 Å². The molecule has 3 aromatic carbocycles. The number of benzene rings is 3. The average Bonchev–Trinajstić information content (AvgIpc) is 3.14. The molecule has 1 amide bonds. The van der Waals surface area contributed by atoms with Crippen molar-refractivity contribution in [2.45, 2.75) is 6.92 Å². The van der Waals surface area contributed by atoms with Gasteiger partial charge in [0.15, 0.2) is 6.29 Å². The fourth-order valence-electron chi connectivity index (χ4n) is 3.39. The highest BCUT2D eigenvalue weighted by Crippen LogP contribution is 2.40. The van der Waals surface area contributed by atoms with Crippen LogP contribution in [0.3, 0.4) is 0 Å². The molecule has 1 heterocycles. The van der Waals surface area contributed by atoms with Crippen molar-refractivity contribution in [1.82, 2.24) is 0 Å². The van der Waals surface area contributed by atoms with Crippen LogP contribution in [-0.4, -0.2) is 27.5 Å². The van der Waals surface area contributed by atoms with Crippen LogP contribution in [0.1, 0.15) is 26.5 Å². The fourth-order valence-corrected chi connectivity index (χ4v) is 3.39.